The lowest BCUT2D eigenvalue weighted by Gasteiger charge is -2.34. The quantitative estimate of drug-likeness (QED) is 0.536. The summed E-state index contributed by atoms with van der Waals surface area (Å²) in [6, 6.07) is 13.4. The standard InChI is InChI=1S/C18H19NO7/c20-15-10-25-18(17(22)16(15)21)26-14-7-3-12(4-8-14)9-11-1-5-13(6-2-11)19(23)24/h1-8,15-18,20-22H,9-10H2/t15-,16+,17-,18-/m1/s1. The highest BCUT2D eigenvalue weighted by Crippen LogP contribution is 2.22. The zero-order valence-corrected chi connectivity index (χ0v) is 13.8. The minimum absolute atomic E-state index is 0.0517. The minimum atomic E-state index is -1.35. The van der Waals surface area contributed by atoms with Gasteiger partial charge in [-0.3, -0.25) is 10.1 Å². The van der Waals surface area contributed by atoms with E-state index >= 15 is 0 Å². The molecule has 0 spiro atoms. The van der Waals surface area contributed by atoms with Gasteiger partial charge in [-0.2, -0.15) is 0 Å². The van der Waals surface area contributed by atoms with E-state index in [1.165, 1.54) is 12.1 Å². The van der Waals surface area contributed by atoms with Gasteiger partial charge in [-0.1, -0.05) is 24.3 Å². The van der Waals surface area contributed by atoms with Crippen LogP contribution in [0.1, 0.15) is 11.1 Å². The van der Waals surface area contributed by atoms with E-state index in [2.05, 4.69) is 0 Å². The molecular weight excluding hydrogens is 342 g/mol. The van der Waals surface area contributed by atoms with Crippen molar-refractivity contribution in [1.29, 1.82) is 0 Å². The van der Waals surface area contributed by atoms with Crippen LogP contribution in [0.15, 0.2) is 48.5 Å². The van der Waals surface area contributed by atoms with E-state index in [-0.39, 0.29) is 12.3 Å². The lowest BCUT2D eigenvalue weighted by molar-refractivity contribution is -0.384. The van der Waals surface area contributed by atoms with E-state index in [4.69, 9.17) is 9.47 Å². The lowest BCUT2D eigenvalue weighted by Crippen LogP contribution is -2.54. The van der Waals surface area contributed by atoms with Gasteiger partial charge in [0.2, 0.25) is 6.29 Å². The number of aliphatic hydroxyl groups is 3. The van der Waals surface area contributed by atoms with Crippen molar-refractivity contribution in [3.63, 3.8) is 0 Å². The first-order valence-corrected chi connectivity index (χ1v) is 8.09. The van der Waals surface area contributed by atoms with Crippen LogP contribution < -0.4 is 4.74 Å². The molecule has 138 valence electrons. The third-order valence-electron chi connectivity index (χ3n) is 4.19. The van der Waals surface area contributed by atoms with Crippen LogP contribution in [0.4, 0.5) is 5.69 Å². The molecule has 1 aliphatic rings. The molecule has 2 aromatic rings. The summed E-state index contributed by atoms with van der Waals surface area (Å²) in [6.45, 7) is -0.124. The third-order valence-corrected chi connectivity index (χ3v) is 4.19. The van der Waals surface area contributed by atoms with Crippen molar-refractivity contribution in [2.75, 3.05) is 6.61 Å². The van der Waals surface area contributed by atoms with Gasteiger partial charge in [0.25, 0.3) is 5.69 Å². The van der Waals surface area contributed by atoms with E-state index in [1.807, 2.05) is 12.1 Å². The second-order valence-electron chi connectivity index (χ2n) is 6.11. The molecule has 4 atom stereocenters. The first-order valence-electron chi connectivity index (χ1n) is 8.09. The summed E-state index contributed by atoms with van der Waals surface area (Å²) in [5.74, 6) is 0.449. The van der Waals surface area contributed by atoms with Gasteiger partial charge in [-0.15, -0.1) is 0 Å². The first-order chi connectivity index (χ1) is 12.4. The van der Waals surface area contributed by atoms with Crippen LogP contribution >= 0.6 is 0 Å². The van der Waals surface area contributed by atoms with Gasteiger partial charge in [0.1, 0.15) is 24.1 Å². The number of hydrogen-bond donors (Lipinski definition) is 3. The van der Waals surface area contributed by atoms with Crippen LogP contribution in [0, 0.1) is 10.1 Å². The summed E-state index contributed by atoms with van der Waals surface area (Å²) in [7, 11) is 0. The zero-order valence-electron chi connectivity index (χ0n) is 13.8. The molecule has 0 radical (unpaired) electrons. The first kappa shape index (κ1) is 18.3. The highest BCUT2D eigenvalue weighted by atomic mass is 16.7. The number of nitro benzene ring substituents is 1. The second kappa shape index (κ2) is 7.79. The molecule has 1 heterocycles. The zero-order chi connectivity index (χ0) is 18.7. The van der Waals surface area contributed by atoms with Gasteiger partial charge in [0, 0.05) is 12.1 Å². The van der Waals surface area contributed by atoms with E-state index < -0.39 is 29.5 Å². The third kappa shape index (κ3) is 4.17. The van der Waals surface area contributed by atoms with E-state index in [0.717, 1.165) is 11.1 Å². The second-order valence-corrected chi connectivity index (χ2v) is 6.11. The van der Waals surface area contributed by atoms with Crippen LogP contribution in [0.2, 0.25) is 0 Å². The molecule has 1 saturated heterocycles. The number of ether oxygens (including phenoxy) is 2. The Labute approximate surface area is 149 Å². The molecule has 1 aliphatic heterocycles. The highest BCUT2D eigenvalue weighted by molar-refractivity contribution is 5.36. The highest BCUT2D eigenvalue weighted by Gasteiger charge is 2.38. The van der Waals surface area contributed by atoms with Gasteiger partial charge < -0.3 is 24.8 Å². The number of hydrogen-bond acceptors (Lipinski definition) is 7. The molecule has 0 aromatic heterocycles. The van der Waals surface area contributed by atoms with Gasteiger partial charge >= 0.3 is 0 Å². The number of nitrogens with zero attached hydrogens (tertiary/aromatic N) is 1. The van der Waals surface area contributed by atoms with Gasteiger partial charge in [-0.25, -0.2) is 0 Å². The van der Waals surface area contributed by atoms with E-state index in [1.54, 1.807) is 24.3 Å². The molecule has 0 aliphatic carbocycles. The molecule has 1 fully saturated rings. The molecular formula is C18H19NO7. The number of rotatable bonds is 5. The van der Waals surface area contributed by atoms with Crippen molar-refractivity contribution < 1.29 is 29.7 Å². The van der Waals surface area contributed by atoms with Gasteiger partial charge in [-0.05, 0) is 29.7 Å². The maximum atomic E-state index is 10.7. The van der Waals surface area contributed by atoms with Crippen molar-refractivity contribution in [3.8, 4) is 5.75 Å². The monoisotopic (exact) mass is 361 g/mol. The average Bonchev–Trinajstić information content (AvgIpc) is 2.64. The number of benzene rings is 2. The topological polar surface area (TPSA) is 122 Å². The number of aliphatic hydroxyl groups excluding tert-OH is 3. The van der Waals surface area contributed by atoms with Crippen LogP contribution in [0.25, 0.3) is 0 Å². The Morgan fingerprint density at radius 1 is 1.00 bits per heavy atom. The van der Waals surface area contributed by atoms with Crippen molar-refractivity contribution in [2.45, 2.75) is 31.0 Å². The average molecular weight is 361 g/mol. The Hall–Kier alpha value is -2.52. The number of non-ortho nitro benzene ring substituents is 1. The summed E-state index contributed by atoms with van der Waals surface area (Å²) < 4.78 is 10.7. The predicted molar refractivity (Wildman–Crippen MR) is 90.7 cm³/mol. The molecule has 2 aromatic carbocycles. The fraction of sp³-hybridized carbons (Fsp3) is 0.333. The summed E-state index contributed by atoms with van der Waals surface area (Å²) in [6.07, 6.45) is -4.28. The minimum Gasteiger partial charge on any atom is -0.462 e. The molecule has 3 rings (SSSR count). The molecule has 0 amide bonds. The Bertz CT molecular complexity index is 747. The van der Waals surface area contributed by atoms with Crippen molar-refractivity contribution in [2.24, 2.45) is 0 Å². The Balaban J connectivity index is 1.60. The Morgan fingerprint density at radius 2 is 1.58 bits per heavy atom. The summed E-state index contributed by atoms with van der Waals surface area (Å²) in [5.41, 5.74) is 1.97. The van der Waals surface area contributed by atoms with Crippen molar-refractivity contribution >= 4 is 5.69 Å². The lowest BCUT2D eigenvalue weighted by atomic mass is 10.0. The Kier molecular flexibility index (Phi) is 5.48. The largest absolute Gasteiger partial charge is 0.462 e. The van der Waals surface area contributed by atoms with Gasteiger partial charge in [0.15, 0.2) is 0 Å². The summed E-state index contributed by atoms with van der Waals surface area (Å²) >= 11 is 0. The van der Waals surface area contributed by atoms with E-state index in [0.29, 0.717) is 12.2 Å². The van der Waals surface area contributed by atoms with Crippen molar-refractivity contribution in [3.05, 3.63) is 69.8 Å². The molecule has 8 nitrogen and oxygen atoms in total. The predicted octanol–water partition coefficient (Wildman–Crippen LogP) is 1.00. The smallest absolute Gasteiger partial charge is 0.269 e. The number of nitro groups is 1. The fourth-order valence-electron chi connectivity index (χ4n) is 2.67. The molecule has 0 unspecified atom stereocenters. The summed E-state index contributed by atoms with van der Waals surface area (Å²) in [5, 5.41) is 39.6. The molecule has 26 heavy (non-hydrogen) atoms. The normalized spacial score (nSPS) is 25.7. The maximum Gasteiger partial charge on any atom is 0.269 e. The Morgan fingerprint density at radius 3 is 2.15 bits per heavy atom. The summed E-state index contributed by atoms with van der Waals surface area (Å²) in [4.78, 5) is 10.2. The van der Waals surface area contributed by atoms with Crippen LogP contribution in [-0.2, 0) is 11.2 Å². The van der Waals surface area contributed by atoms with Crippen LogP contribution in [-0.4, -0.2) is 51.5 Å². The fourth-order valence-corrected chi connectivity index (χ4v) is 2.67. The molecule has 0 saturated carbocycles. The molecule has 0 bridgehead atoms. The molecule has 8 heteroatoms. The molecule has 3 N–H and O–H groups in total. The van der Waals surface area contributed by atoms with Crippen molar-refractivity contribution in [1.82, 2.24) is 0 Å². The SMILES string of the molecule is O=[N+]([O-])c1ccc(Cc2ccc(O[C@H]3OC[C@@H](O)[C@H](O)[C@H]3O)cc2)cc1. The van der Waals surface area contributed by atoms with Crippen LogP contribution in [0.3, 0.4) is 0 Å². The maximum absolute atomic E-state index is 10.7. The van der Waals surface area contributed by atoms with Crippen LogP contribution in [0.5, 0.6) is 5.75 Å². The van der Waals surface area contributed by atoms with E-state index in [9.17, 15) is 25.4 Å². The van der Waals surface area contributed by atoms with Gasteiger partial charge in [0.05, 0.1) is 11.5 Å².